The Hall–Kier alpha value is -2.44. The SMILES string of the molecule is CC(=O)NC1C[C@H]2CC[C@@H](C1)N2Cc1ccc(Oc2nc3ccc(C)cc3s2)cc1. The minimum Gasteiger partial charge on any atom is -0.431 e. The van der Waals surface area contributed by atoms with E-state index in [-0.39, 0.29) is 5.91 Å². The summed E-state index contributed by atoms with van der Waals surface area (Å²) in [6, 6.07) is 16.1. The Morgan fingerprint density at radius 1 is 1.17 bits per heavy atom. The molecule has 5 rings (SSSR count). The Morgan fingerprint density at radius 3 is 2.60 bits per heavy atom. The maximum absolute atomic E-state index is 11.4. The maximum atomic E-state index is 11.4. The topological polar surface area (TPSA) is 54.5 Å². The van der Waals surface area contributed by atoms with E-state index >= 15 is 0 Å². The minimum atomic E-state index is 0.0895. The molecular formula is C24H27N3O2S. The number of nitrogens with zero attached hydrogens (tertiary/aromatic N) is 2. The van der Waals surface area contributed by atoms with Crippen molar-refractivity contribution in [3.63, 3.8) is 0 Å². The zero-order chi connectivity index (χ0) is 20.7. The summed E-state index contributed by atoms with van der Waals surface area (Å²) in [5.41, 5.74) is 3.52. The number of nitrogens with one attached hydrogen (secondary N) is 1. The van der Waals surface area contributed by atoms with Crippen LogP contribution in [0.3, 0.4) is 0 Å². The normalized spacial score (nSPS) is 23.6. The average molecular weight is 422 g/mol. The molecule has 0 spiro atoms. The highest BCUT2D eigenvalue weighted by atomic mass is 32.1. The molecule has 0 saturated carbocycles. The van der Waals surface area contributed by atoms with E-state index in [0.717, 1.165) is 35.4 Å². The van der Waals surface area contributed by atoms with Crippen molar-refractivity contribution in [3.8, 4) is 10.9 Å². The predicted molar refractivity (Wildman–Crippen MR) is 120 cm³/mol. The van der Waals surface area contributed by atoms with Gasteiger partial charge in [0.15, 0.2) is 0 Å². The van der Waals surface area contributed by atoms with Crippen LogP contribution in [0.25, 0.3) is 10.2 Å². The third kappa shape index (κ3) is 4.07. The van der Waals surface area contributed by atoms with Crippen LogP contribution in [0.5, 0.6) is 10.9 Å². The van der Waals surface area contributed by atoms with Gasteiger partial charge in [-0.1, -0.05) is 29.5 Å². The van der Waals surface area contributed by atoms with E-state index in [9.17, 15) is 4.79 Å². The molecule has 0 aliphatic carbocycles. The second-order valence-corrected chi connectivity index (χ2v) is 9.62. The van der Waals surface area contributed by atoms with Crippen molar-refractivity contribution in [2.45, 2.75) is 64.2 Å². The lowest BCUT2D eigenvalue weighted by Gasteiger charge is -2.39. The van der Waals surface area contributed by atoms with Crippen LogP contribution in [-0.4, -0.2) is 33.9 Å². The lowest BCUT2D eigenvalue weighted by Crippen LogP contribution is -2.49. The number of carbonyl (C=O) groups is 1. The van der Waals surface area contributed by atoms with E-state index in [4.69, 9.17) is 4.74 Å². The highest BCUT2D eigenvalue weighted by molar-refractivity contribution is 7.20. The summed E-state index contributed by atoms with van der Waals surface area (Å²) in [5, 5.41) is 3.80. The first-order valence-electron chi connectivity index (χ1n) is 10.7. The predicted octanol–water partition coefficient (Wildman–Crippen LogP) is 5.03. The third-order valence-corrected chi connectivity index (χ3v) is 7.21. The molecule has 1 amide bonds. The van der Waals surface area contributed by atoms with E-state index in [0.29, 0.717) is 23.3 Å². The molecule has 3 atom stereocenters. The van der Waals surface area contributed by atoms with Gasteiger partial charge in [0.05, 0.1) is 10.2 Å². The summed E-state index contributed by atoms with van der Waals surface area (Å²) < 4.78 is 7.16. The Morgan fingerprint density at radius 2 is 1.90 bits per heavy atom. The van der Waals surface area contributed by atoms with Crippen LogP contribution >= 0.6 is 11.3 Å². The van der Waals surface area contributed by atoms with Crippen LogP contribution in [0.15, 0.2) is 42.5 Å². The average Bonchev–Trinajstić information content (AvgIpc) is 3.19. The first-order valence-corrected chi connectivity index (χ1v) is 11.5. The van der Waals surface area contributed by atoms with Crippen molar-refractivity contribution in [1.29, 1.82) is 0 Å². The van der Waals surface area contributed by atoms with Gasteiger partial charge in [0.25, 0.3) is 5.19 Å². The molecule has 2 fully saturated rings. The van der Waals surface area contributed by atoms with Crippen molar-refractivity contribution in [2.24, 2.45) is 0 Å². The molecule has 30 heavy (non-hydrogen) atoms. The summed E-state index contributed by atoms with van der Waals surface area (Å²) in [6.45, 7) is 4.67. The number of rotatable bonds is 5. The van der Waals surface area contributed by atoms with Crippen molar-refractivity contribution in [1.82, 2.24) is 15.2 Å². The maximum Gasteiger partial charge on any atom is 0.279 e. The molecule has 1 unspecified atom stereocenters. The number of benzene rings is 2. The van der Waals surface area contributed by atoms with Gasteiger partial charge in [-0.05, 0) is 68.0 Å². The zero-order valence-electron chi connectivity index (χ0n) is 17.4. The number of aryl methyl sites for hydroxylation is 1. The second kappa shape index (κ2) is 8.00. The Balaban J connectivity index is 1.23. The van der Waals surface area contributed by atoms with Crippen LogP contribution in [0.1, 0.15) is 43.7 Å². The number of ether oxygens (including phenoxy) is 1. The number of amides is 1. The molecule has 3 aromatic rings. The fourth-order valence-electron chi connectivity index (χ4n) is 4.97. The first-order chi connectivity index (χ1) is 14.5. The van der Waals surface area contributed by atoms with Crippen molar-refractivity contribution in [3.05, 3.63) is 53.6 Å². The molecule has 1 N–H and O–H groups in total. The summed E-state index contributed by atoms with van der Waals surface area (Å²) >= 11 is 1.58. The standard InChI is InChI=1S/C24H27N3O2S/c1-15-3-10-22-23(11-15)30-24(26-22)29-21-8-4-17(5-9-21)14-27-19-6-7-20(27)13-18(12-19)25-16(2)28/h3-5,8-11,18-20H,6-7,12-14H2,1-2H3,(H,25,28)/t18?,19-,20+. The second-order valence-electron chi connectivity index (χ2n) is 8.62. The quantitative estimate of drug-likeness (QED) is 0.628. The smallest absolute Gasteiger partial charge is 0.279 e. The van der Waals surface area contributed by atoms with Crippen molar-refractivity contribution < 1.29 is 9.53 Å². The van der Waals surface area contributed by atoms with Crippen LogP contribution in [0.2, 0.25) is 0 Å². The molecule has 6 heteroatoms. The van der Waals surface area contributed by atoms with E-state index < -0.39 is 0 Å². The van der Waals surface area contributed by atoms with Gasteiger partial charge in [-0.2, -0.15) is 0 Å². The van der Waals surface area contributed by atoms with Gasteiger partial charge in [-0.3, -0.25) is 9.69 Å². The van der Waals surface area contributed by atoms with E-state index in [1.807, 2.05) is 18.2 Å². The van der Waals surface area contributed by atoms with Crippen molar-refractivity contribution in [2.75, 3.05) is 0 Å². The Labute approximate surface area is 181 Å². The van der Waals surface area contributed by atoms with Crippen molar-refractivity contribution >= 4 is 27.5 Å². The highest BCUT2D eigenvalue weighted by Gasteiger charge is 2.40. The number of fused-ring (bicyclic) bond motifs is 3. The van der Waals surface area contributed by atoms with E-state index in [2.05, 4.69) is 46.4 Å². The molecule has 2 aliphatic heterocycles. The van der Waals surface area contributed by atoms with E-state index in [1.54, 1.807) is 18.3 Å². The molecule has 2 saturated heterocycles. The number of hydrogen-bond donors (Lipinski definition) is 1. The summed E-state index contributed by atoms with van der Waals surface area (Å²) in [6.07, 6.45) is 4.60. The Kier molecular flexibility index (Phi) is 5.21. The fraction of sp³-hybridized carbons (Fsp3) is 0.417. The largest absolute Gasteiger partial charge is 0.431 e. The molecule has 2 aromatic carbocycles. The first kappa shape index (κ1) is 19.5. The third-order valence-electron chi connectivity index (χ3n) is 6.31. The molecule has 0 radical (unpaired) electrons. The molecule has 1 aromatic heterocycles. The lowest BCUT2D eigenvalue weighted by molar-refractivity contribution is -0.120. The van der Waals surface area contributed by atoms with Crippen LogP contribution in [-0.2, 0) is 11.3 Å². The molecule has 2 bridgehead atoms. The van der Waals surface area contributed by atoms with Gasteiger partial charge in [-0.15, -0.1) is 0 Å². The molecule has 156 valence electrons. The van der Waals surface area contributed by atoms with Gasteiger partial charge >= 0.3 is 0 Å². The number of hydrogen-bond acceptors (Lipinski definition) is 5. The van der Waals surface area contributed by atoms with Gasteiger partial charge in [0.2, 0.25) is 5.91 Å². The molecule has 5 nitrogen and oxygen atoms in total. The number of piperidine rings is 1. The molecular weight excluding hydrogens is 394 g/mol. The summed E-state index contributed by atoms with van der Waals surface area (Å²) in [5.74, 6) is 0.911. The molecule has 3 heterocycles. The number of aromatic nitrogens is 1. The van der Waals surface area contributed by atoms with Crippen LogP contribution in [0.4, 0.5) is 0 Å². The highest BCUT2D eigenvalue weighted by Crippen LogP contribution is 2.37. The number of carbonyl (C=O) groups excluding carboxylic acids is 1. The summed E-state index contributed by atoms with van der Waals surface area (Å²) in [4.78, 5) is 18.6. The summed E-state index contributed by atoms with van der Waals surface area (Å²) in [7, 11) is 0. The van der Waals surface area contributed by atoms with Gasteiger partial charge in [0.1, 0.15) is 5.75 Å². The number of thiazole rings is 1. The lowest BCUT2D eigenvalue weighted by atomic mass is 9.96. The Bertz CT molecular complexity index is 1050. The minimum absolute atomic E-state index is 0.0895. The zero-order valence-corrected chi connectivity index (χ0v) is 18.2. The van der Waals surface area contributed by atoms with E-state index in [1.165, 1.54) is 24.0 Å². The van der Waals surface area contributed by atoms with Gasteiger partial charge in [-0.25, -0.2) is 4.98 Å². The fourth-order valence-corrected chi connectivity index (χ4v) is 5.90. The van der Waals surface area contributed by atoms with Gasteiger partial charge < -0.3 is 10.1 Å². The van der Waals surface area contributed by atoms with Gasteiger partial charge in [0, 0.05) is 31.6 Å². The molecule has 2 aliphatic rings. The van der Waals surface area contributed by atoms with Crippen LogP contribution in [0, 0.1) is 6.92 Å². The monoisotopic (exact) mass is 421 g/mol. The van der Waals surface area contributed by atoms with Crippen LogP contribution < -0.4 is 10.1 Å².